The van der Waals surface area contributed by atoms with E-state index in [9.17, 15) is 9.59 Å². The van der Waals surface area contributed by atoms with Crippen molar-refractivity contribution in [3.8, 4) is 0 Å². The number of carbonyl (C=O) groups is 2. The topological polar surface area (TPSA) is 73.2 Å². The minimum Gasteiger partial charge on any atom is -0.465 e. The fourth-order valence-electron chi connectivity index (χ4n) is 2.41. The number of amides is 1. The number of methoxy groups -OCH3 is 1. The van der Waals surface area contributed by atoms with Crippen LogP contribution in [-0.4, -0.2) is 28.8 Å². The van der Waals surface area contributed by atoms with E-state index < -0.39 is 5.97 Å². The van der Waals surface area contributed by atoms with Crippen LogP contribution in [0.4, 0.5) is 5.00 Å². The van der Waals surface area contributed by atoms with E-state index in [1.165, 1.54) is 24.5 Å². The van der Waals surface area contributed by atoms with E-state index in [-0.39, 0.29) is 5.91 Å². The van der Waals surface area contributed by atoms with Crippen molar-refractivity contribution in [1.29, 1.82) is 0 Å². The van der Waals surface area contributed by atoms with Crippen LogP contribution in [-0.2, 0) is 16.6 Å². The average molecular weight is 347 g/mol. The van der Waals surface area contributed by atoms with E-state index in [4.69, 9.17) is 4.74 Å². The zero-order valence-corrected chi connectivity index (χ0v) is 15.5. The van der Waals surface area contributed by atoms with E-state index >= 15 is 0 Å². The van der Waals surface area contributed by atoms with Crippen molar-refractivity contribution in [2.75, 3.05) is 12.4 Å². The third-order valence-electron chi connectivity index (χ3n) is 3.98. The minimum absolute atomic E-state index is 0.302. The molecule has 0 saturated carbocycles. The molecule has 0 aliphatic heterocycles. The second kappa shape index (κ2) is 7.00. The monoisotopic (exact) mass is 347 g/mol. The third kappa shape index (κ3) is 3.41. The van der Waals surface area contributed by atoms with Gasteiger partial charge in [-0.3, -0.25) is 9.48 Å². The number of aromatic nitrogens is 2. The van der Waals surface area contributed by atoms with Crippen molar-refractivity contribution >= 4 is 34.3 Å². The summed E-state index contributed by atoms with van der Waals surface area (Å²) in [6.07, 6.45) is 3.18. The number of aryl methyl sites for hydroxylation is 3. The third-order valence-corrected chi connectivity index (χ3v) is 5.10. The molecule has 2 aromatic heterocycles. The van der Waals surface area contributed by atoms with Gasteiger partial charge in [0.15, 0.2) is 0 Å². The molecule has 0 aliphatic carbocycles. The highest BCUT2D eigenvalue weighted by atomic mass is 32.1. The maximum absolute atomic E-state index is 12.2. The standard InChI is InChI=1S/C17H21N3O3S/c1-9-12(4)24-16(15(9)17(22)23-6)18-14(21)8-7-13-10(2)19-20(5)11(13)3/h7-8H,1-6H3,(H,18,21). The van der Waals surface area contributed by atoms with Crippen LogP contribution in [0.2, 0.25) is 0 Å². The van der Waals surface area contributed by atoms with E-state index in [0.29, 0.717) is 10.6 Å². The summed E-state index contributed by atoms with van der Waals surface area (Å²) in [4.78, 5) is 25.1. The molecule has 0 spiro atoms. The van der Waals surface area contributed by atoms with Crippen LogP contribution >= 0.6 is 11.3 Å². The number of ether oxygens (including phenoxy) is 1. The van der Waals surface area contributed by atoms with Gasteiger partial charge in [0.2, 0.25) is 5.91 Å². The number of rotatable bonds is 4. The molecule has 6 nitrogen and oxygen atoms in total. The zero-order valence-electron chi connectivity index (χ0n) is 14.7. The van der Waals surface area contributed by atoms with Crippen molar-refractivity contribution in [2.24, 2.45) is 7.05 Å². The quantitative estimate of drug-likeness (QED) is 0.681. The Kier molecular flexibility index (Phi) is 5.23. The molecule has 0 aromatic carbocycles. The summed E-state index contributed by atoms with van der Waals surface area (Å²) in [5.74, 6) is -0.751. The van der Waals surface area contributed by atoms with E-state index in [0.717, 1.165) is 27.4 Å². The van der Waals surface area contributed by atoms with Crippen molar-refractivity contribution in [3.05, 3.63) is 39.0 Å². The van der Waals surface area contributed by atoms with Gasteiger partial charge in [-0.15, -0.1) is 11.3 Å². The lowest BCUT2D eigenvalue weighted by Gasteiger charge is -2.04. The van der Waals surface area contributed by atoms with Crippen LogP contribution in [0, 0.1) is 27.7 Å². The number of nitrogens with zero attached hydrogens (tertiary/aromatic N) is 2. The normalized spacial score (nSPS) is 11.1. The number of esters is 1. The van der Waals surface area contributed by atoms with Gasteiger partial charge in [-0.25, -0.2) is 4.79 Å². The Morgan fingerprint density at radius 1 is 1.25 bits per heavy atom. The molecule has 24 heavy (non-hydrogen) atoms. The zero-order chi connectivity index (χ0) is 18.0. The van der Waals surface area contributed by atoms with Crippen molar-refractivity contribution < 1.29 is 14.3 Å². The van der Waals surface area contributed by atoms with Crippen LogP contribution < -0.4 is 5.32 Å². The number of hydrogen-bond donors (Lipinski definition) is 1. The second-order valence-electron chi connectivity index (χ2n) is 5.51. The molecule has 0 bridgehead atoms. The highest BCUT2D eigenvalue weighted by Gasteiger charge is 2.21. The highest BCUT2D eigenvalue weighted by Crippen LogP contribution is 2.33. The van der Waals surface area contributed by atoms with Gasteiger partial charge < -0.3 is 10.1 Å². The first-order valence-electron chi connectivity index (χ1n) is 7.43. The summed E-state index contributed by atoms with van der Waals surface area (Å²) >= 11 is 1.36. The molecule has 2 heterocycles. The van der Waals surface area contributed by atoms with E-state index in [1.54, 1.807) is 10.8 Å². The summed E-state index contributed by atoms with van der Waals surface area (Å²) in [6, 6.07) is 0. The van der Waals surface area contributed by atoms with Crippen molar-refractivity contribution in [2.45, 2.75) is 27.7 Å². The van der Waals surface area contributed by atoms with Gasteiger partial charge in [0.1, 0.15) is 5.00 Å². The van der Waals surface area contributed by atoms with Gasteiger partial charge in [0.05, 0.1) is 18.4 Å². The minimum atomic E-state index is -0.449. The van der Waals surface area contributed by atoms with Crippen LogP contribution in [0.1, 0.15) is 37.7 Å². The smallest absolute Gasteiger partial charge is 0.341 e. The lowest BCUT2D eigenvalue weighted by atomic mass is 10.1. The summed E-state index contributed by atoms with van der Waals surface area (Å²) < 4.78 is 6.58. The first kappa shape index (κ1) is 17.9. The lowest BCUT2D eigenvalue weighted by Crippen LogP contribution is -2.11. The van der Waals surface area contributed by atoms with Crippen LogP contribution in [0.3, 0.4) is 0 Å². The van der Waals surface area contributed by atoms with Gasteiger partial charge >= 0.3 is 5.97 Å². The van der Waals surface area contributed by atoms with E-state index in [2.05, 4.69) is 10.4 Å². The van der Waals surface area contributed by atoms with Crippen LogP contribution in [0.15, 0.2) is 6.08 Å². The molecule has 0 aliphatic rings. The fourth-order valence-corrected chi connectivity index (χ4v) is 3.46. The number of carbonyl (C=O) groups excluding carboxylic acids is 2. The Labute approximate surface area is 145 Å². The number of thiophene rings is 1. The molecular weight excluding hydrogens is 326 g/mol. The molecule has 2 rings (SSSR count). The maximum Gasteiger partial charge on any atom is 0.341 e. The molecule has 0 unspecified atom stereocenters. The first-order valence-corrected chi connectivity index (χ1v) is 8.25. The summed E-state index contributed by atoms with van der Waals surface area (Å²) in [5.41, 5.74) is 3.99. The Hall–Kier alpha value is -2.41. The molecule has 0 atom stereocenters. The Morgan fingerprint density at radius 3 is 2.46 bits per heavy atom. The van der Waals surface area contributed by atoms with Gasteiger partial charge in [0.25, 0.3) is 0 Å². The molecule has 7 heteroatoms. The SMILES string of the molecule is COC(=O)c1c(NC(=O)C=Cc2c(C)nn(C)c2C)sc(C)c1C. The van der Waals surface area contributed by atoms with Crippen LogP contribution in [0.5, 0.6) is 0 Å². The predicted molar refractivity (Wildman–Crippen MR) is 95.5 cm³/mol. The molecule has 0 radical (unpaired) electrons. The van der Waals surface area contributed by atoms with E-state index in [1.807, 2.05) is 34.7 Å². The largest absolute Gasteiger partial charge is 0.465 e. The summed E-state index contributed by atoms with van der Waals surface area (Å²) in [6.45, 7) is 7.58. The molecule has 128 valence electrons. The molecule has 1 amide bonds. The van der Waals surface area contributed by atoms with Gasteiger partial charge in [-0.1, -0.05) is 0 Å². The Morgan fingerprint density at radius 2 is 1.92 bits per heavy atom. The van der Waals surface area contributed by atoms with Crippen molar-refractivity contribution in [1.82, 2.24) is 9.78 Å². The van der Waals surface area contributed by atoms with Gasteiger partial charge in [-0.05, 0) is 39.3 Å². The van der Waals surface area contributed by atoms with Crippen LogP contribution in [0.25, 0.3) is 6.08 Å². The average Bonchev–Trinajstić information content (AvgIpc) is 2.93. The maximum atomic E-state index is 12.2. The number of anilines is 1. The first-order chi connectivity index (χ1) is 11.3. The summed E-state index contributed by atoms with van der Waals surface area (Å²) in [7, 11) is 3.19. The Bertz CT molecular complexity index is 831. The Balaban J connectivity index is 2.23. The van der Waals surface area contributed by atoms with Gasteiger partial charge in [-0.2, -0.15) is 5.10 Å². The van der Waals surface area contributed by atoms with Crippen molar-refractivity contribution in [3.63, 3.8) is 0 Å². The number of nitrogens with one attached hydrogen (secondary N) is 1. The molecule has 0 fully saturated rings. The molecule has 0 saturated heterocycles. The second-order valence-corrected chi connectivity index (χ2v) is 6.73. The summed E-state index contributed by atoms with van der Waals surface area (Å²) in [5, 5.41) is 7.58. The molecule has 2 aromatic rings. The highest BCUT2D eigenvalue weighted by molar-refractivity contribution is 7.16. The molecule has 1 N–H and O–H groups in total. The molecular formula is C17H21N3O3S. The lowest BCUT2D eigenvalue weighted by molar-refractivity contribution is -0.111. The predicted octanol–water partition coefficient (Wildman–Crippen LogP) is 3.15. The number of hydrogen-bond acceptors (Lipinski definition) is 5. The fraction of sp³-hybridized carbons (Fsp3) is 0.353. The van der Waals surface area contributed by atoms with Gasteiger partial charge in [0, 0.05) is 29.3 Å².